The molecule has 0 bridgehead atoms. The minimum Gasteiger partial charge on any atom is -0.405 e. The maximum absolute atomic E-state index is 13.6. The molecule has 2 aromatic carbocycles. The number of aryl methyl sites for hydroxylation is 1. The van der Waals surface area contributed by atoms with E-state index in [1.54, 1.807) is 37.6 Å². The summed E-state index contributed by atoms with van der Waals surface area (Å²) < 4.78 is 46.8. The second-order valence-corrected chi connectivity index (χ2v) is 15.2. The lowest BCUT2D eigenvalue weighted by molar-refractivity contribution is -0.275. The molecule has 0 aliphatic carbocycles. The summed E-state index contributed by atoms with van der Waals surface area (Å²) in [6.45, 7) is 3.80. The van der Waals surface area contributed by atoms with Gasteiger partial charge in [-0.3, -0.25) is 29.6 Å². The number of anilines is 2. The Morgan fingerprint density at radius 2 is 1.65 bits per heavy atom. The number of benzene rings is 2. The molecule has 2 amide bonds. The van der Waals surface area contributed by atoms with Crippen molar-refractivity contribution in [3.63, 3.8) is 0 Å². The molecule has 0 radical (unpaired) electrons. The van der Waals surface area contributed by atoms with E-state index in [4.69, 9.17) is 11.6 Å². The van der Waals surface area contributed by atoms with Crippen molar-refractivity contribution in [2.45, 2.75) is 70.3 Å². The van der Waals surface area contributed by atoms with Gasteiger partial charge in [0.1, 0.15) is 11.8 Å². The van der Waals surface area contributed by atoms with Crippen LogP contribution >= 0.6 is 11.6 Å². The molecule has 10 nitrogen and oxygen atoms in total. The van der Waals surface area contributed by atoms with Crippen LogP contribution in [0.4, 0.5) is 24.5 Å². The minimum absolute atomic E-state index is 0.230. The van der Waals surface area contributed by atoms with Crippen LogP contribution in [0.2, 0.25) is 5.02 Å². The lowest BCUT2D eigenvalue weighted by atomic mass is 9.85. The molecule has 1 unspecified atom stereocenters. The van der Waals surface area contributed by atoms with E-state index in [1.807, 2.05) is 18.2 Å². The fourth-order valence-corrected chi connectivity index (χ4v) is 8.41. The highest BCUT2D eigenvalue weighted by molar-refractivity contribution is 6.33. The van der Waals surface area contributed by atoms with Gasteiger partial charge in [0.25, 0.3) is 5.56 Å². The Labute approximate surface area is 316 Å². The van der Waals surface area contributed by atoms with E-state index < -0.39 is 12.4 Å². The maximum Gasteiger partial charge on any atom is 0.573 e. The van der Waals surface area contributed by atoms with Crippen LogP contribution in [-0.4, -0.2) is 64.8 Å². The summed E-state index contributed by atoms with van der Waals surface area (Å²) in [6, 6.07) is 11.9. The monoisotopic (exact) mass is 764 g/mol. The molecular weight excluding hydrogens is 721 g/mol. The Hall–Kier alpha value is -4.62. The lowest BCUT2D eigenvalue weighted by Gasteiger charge is -2.36. The number of pyridine rings is 2. The van der Waals surface area contributed by atoms with Crippen molar-refractivity contribution in [3.05, 3.63) is 82.0 Å². The van der Waals surface area contributed by atoms with Crippen molar-refractivity contribution >= 4 is 45.6 Å². The first-order valence-corrected chi connectivity index (χ1v) is 19.0. The highest BCUT2D eigenvalue weighted by atomic mass is 35.5. The highest BCUT2D eigenvalue weighted by Gasteiger charge is 2.33. The van der Waals surface area contributed by atoms with Crippen LogP contribution in [0.15, 0.2) is 65.8 Å². The average Bonchev–Trinajstić information content (AvgIpc) is 3.14. The van der Waals surface area contributed by atoms with Crippen molar-refractivity contribution in [2.24, 2.45) is 18.9 Å². The fraction of sp³-hybridized carbons (Fsp3) is 0.450. The van der Waals surface area contributed by atoms with E-state index in [0.717, 1.165) is 76.1 Å². The Bertz CT molecular complexity index is 2080. The number of carbonyl (C=O) groups is 2. The number of ether oxygens (including phenoxy) is 1. The zero-order chi connectivity index (χ0) is 38.0. The van der Waals surface area contributed by atoms with Gasteiger partial charge in [0.15, 0.2) is 0 Å². The van der Waals surface area contributed by atoms with Crippen molar-refractivity contribution < 1.29 is 27.5 Å². The molecule has 0 saturated carbocycles. The molecule has 14 heteroatoms. The van der Waals surface area contributed by atoms with Crippen molar-refractivity contribution in [1.82, 2.24) is 19.8 Å². The number of nitrogens with one attached hydrogen (secondary N) is 2. The number of hydrogen-bond donors (Lipinski definition) is 2. The predicted molar refractivity (Wildman–Crippen MR) is 203 cm³/mol. The molecule has 1 atom stereocenters. The Morgan fingerprint density at radius 1 is 0.926 bits per heavy atom. The van der Waals surface area contributed by atoms with Gasteiger partial charge in [0, 0.05) is 68.5 Å². The number of imide groups is 1. The number of halogens is 4. The summed E-state index contributed by atoms with van der Waals surface area (Å²) in [5.41, 5.74) is 3.11. The average molecular weight is 765 g/mol. The Balaban J connectivity index is 0.898. The quantitative estimate of drug-likeness (QED) is 0.162. The smallest absolute Gasteiger partial charge is 0.405 e. The molecule has 2 N–H and O–H groups in total. The summed E-state index contributed by atoms with van der Waals surface area (Å²) in [6.07, 6.45) is 7.02. The molecule has 3 aliphatic heterocycles. The number of piperidine rings is 3. The summed E-state index contributed by atoms with van der Waals surface area (Å²) >= 11 is 6.69. The second-order valence-electron chi connectivity index (χ2n) is 14.8. The third-order valence-corrected chi connectivity index (χ3v) is 11.5. The zero-order valence-corrected chi connectivity index (χ0v) is 30.9. The molecule has 0 spiro atoms. The fourth-order valence-electron chi connectivity index (χ4n) is 8.11. The number of rotatable bonds is 10. The number of alkyl halides is 3. The molecule has 54 heavy (non-hydrogen) atoms. The number of aromatic nitrogens is 2. The van der Waals surface area contributed by atoms with Gasteiger partial charge >= 0.3 is 6.36 Å². The summed E-state index contributed by atoms with van der Waals surface area (Å²) in [7, 11) is 1.61. The number of hydrogen-bond acceptors (Lipinski definition) is 8. The van der Waals surface area contributed by atoms with Crippen LogP contribution in [0, 0.1) is 11.8 Å². The molecule has 4 aromatic rings. The molecule has 2 aromatic heterocycles. The van der Waals surface area contributed by atoms with E-state index in [9.17, 15) is 27.6 Å². The number of likely N-dealkylation sites (tertiary alicyclic amines) is 1. The minimum atomic E-state index is -4.85. The lowest BCUT2D eigenvalue weighted by Crippen LogP contribution is -2.47. The summed E-state index contributed by atoms with van der Waals surface area (Å²) in [5.74, 6) is 0.419. The number of nitrogens with zero attached hydrogens (tertiary/aromatic N) is 4. The van der Waals surface area contributed by atoms with E-state index in [1.165, 1.54) is 16.8 Å². The molecule has 3 saturated heterocycles. The van der Waals surface area contributed by atoms with Crippen molar-refractivity contribution in [2.75, 3.05) is 36.4 Å². The van der Waals surface area contributed by atoms with Gasteiger partial charge in [-0.05, 0) is 98.3 Å². The van der Waals surface area contributed by atoms with E-state index in [2.05, 4.69) is 30.2 Å². The van der Waals surface area contributed by atoms with Crippen LogP contribution in [0.25, 0.3) is 21.9 Å². The van der Waals surface area contributed by atoms with Crippen molar-refractivity contribution in [1.29, 1.82) is 0 Å². The van der Waals surface area contributed by atoms with Gasteiger partial charge in [-0.15, -0.1) is 13.2 Å². The first-order chi connectivity index (χ1) is 25.9. The molecule has 5 heterocycles. The van der Waals surface area contributed by atoms with Crippen LogP contribution in [-0.2, 0) is 23.2 Å². The number of amides is 2. The Kier molecular flexibility index (Phi) is 11.2. The van der Waals surface area contributed by atoms with Crippen LogP contribution in [0.3, 0.4) is 0 Å². The highest BCUT2D eigenvalue weighted by Crippen LogP contribution is 2.37. The van der Waals surface area contributed by atoms with Gasteiger partial charge in [-0.2, -0.15) is 0 Å². The largest absolute Gasteiger partial charge is 0.573 e. The van der Waals surface area contributed by atoms with Crippen LogP contribution in [0.5, 0.6) is 5.75 Å². The third-order valence-electron chi connectivity index (χ3n) is 11.2. The van der Waals surface area contributed by atoms with E-state index >= 15 is 0 Å². The van der Waals surface area contributed by atoms with Gasteiger partial charge < -0.3 is 19.5 Å². The topological polar surface area (TPSA) is 109 Å². The van der Waals surface area contributed by atoms with Crippen LogP contribution < -0.4 is 25.8 Å². The summed E-state index contributed by atoms with van der Waals surface area (Å²) in [5, 5.41) is 7.19. The van der Waals surface area contributed by atoms with Crippen LogP contribution in [0.1, 0.15) is 56.9 Å². The van der Waals surface area contributed by atoms with E-state index in [0.29, 0.717) is 63.7 Å². The Morgan fingerprint density at radius 3 is 2.33 bits per heavy atom. The number of carbonyl (C=O) groups excluding carboxylic acids is 2. The van der Waals surface area contributed by atoms with Crippen molar-refractivity contribution in [3.8, 4) is 16.9 Å². The first kappa shape index (κ1) is 37.7. The number of fused-ring (bicyclic) bond motifs is 1. The normalized spacial score (nSPS) is 19.3. The molecular formula is C40H44ClF3N6O4. The van der Waals surface area contributed by atoms with Gasteiger partial charge in [-0.1, -0.05) is 36.6 Å². The van der Waals surface area contributed by atoms with Gasteiger partial charge in [0.2, 0.25) is 11.8 Å². The summed E-state index contributed by atoms with van der Waals surface area (Å²) in [4.78, 5) is 44.8. The van der Waals surface area contributed by atoms with Gasteiger partial charge in [0.05, 0.1) is 16.1 Å². The first-order valence-electron chi connectivity index (χ1n) is 18.6. The maximum atomic E-state index is 13.6. The molecule has 286 valence electrons. The SMILES string of the molecule is Cn1cc(-c2ccc(CN3CCC(CCC4CCN(c5ccc(NC6CCC(=O)NC6=O)cc5Cl)CC4)CC3)c(OC(F)(F)F)c2)c2ccncc2c1=O. The molecule has 7 rings (SSSR count). The standard InChI is InChI=1S/C40H44ClF3N6O4/c1-48-24-32(30-10-15-45-22-31(30)39(48)53)27-4-5-28(36(20-27)54-40(42,43)44)23-49-16-11-25(12-17-49)2-3-26-13-18-50(19-14-26)35-8-6-29(21-33(35)41)46-34-7-9-37(51)47-38(34)52/h4-6,8,10,15,20-22,24-26,34,46H,2-3,7,9,11-14,16-19,23H2,1H3,(H,47,51,52). The second kappa shape index (κ2) is 16.0. The zero-order valence-electron chi connectivity index (χ0n) is 30.1. The molecule has 3 fully saturated rings. The third kappa shape index (κ3) is 8.84. The van der Waals surface area contributed by atoms with E-state index in [-0.39, 0.29) is 23.1 Å². The van der Waals surface area contributed by atoms with Gasteiger partial charge in [-0.25, -0.2) is 0 Å². The predicted octanol–water partition coefficient (Wildman–Crippen LogP) is 7.28. The molecule has 3 aliphatic rings.